The van der Waals surface area contributed by atoms with Crippen molar-refractivity contribution in [2.24, 2.45) is 0 Å². The number of hydrogen-bond acceptors (Lipinski definition) is 5. The second-order valence-corrected chi connectivity index (χ2v) is 7.61. The number of piperidine rings is 1. The van der Waals surface area contributed by atoms with Gasteiger partial charge in [0.05, 0.1) is 11.3 Å². The first-order valence-corrected chi connectivity index (χ1v) is 8.93. The first kappa shape index (κ1) is 14.8. The summed E-state index contributed by atoms with van der Waals surface area (Å²) < 4.78 is 0. The Morgan fingerprint density at radius 1 is 1.17 bits per heavy atom. The number of nitrogens with zero attached hydrogens (tertiary/aromatic N) is 3. The molecule has 2 aliphatic rings. The maximum Gasteiger partial charge on any atom is 0.252 e. The van der Waals surface area contributed by atoms with Gasteiger partial charge in [-0.1, -0.05) is 18.2 Å². The van der Waals surface area contributed by atoms with Crippen LogP contribution in [0.25, 0.3) is 10.9 Å². The molecule has 0 atom stereocenters. The number of pyridine rings is 1. The topological polar surface area (TPSA) is 48.5 Å². The van der Waals surface area contributed by atoms with E-state index in [1.807, 2.05) is 41.4 Å². The second-order valence-electron chi connectivity index (χ2n) is 6.27. The lowest BCUT2D eigenvalue weighted by Gasteiger charge is -2.42. The molecule has 5 nitrogen and oxygen atoms in total. The third kappa shape index (κ3) is 2.66. The highest BCUT2D eigenvalue weighted by Gasteiger charge is 2.48. The molecule has 1 spiro atoms. The first-order valence-electron chi connectivity index (χ1n) is 7.94. The molecule has 0 aliphatic carbocycles. The molecule has 3 heterocycles. The summed E-state index contributed by atoms with van der Waals surface area (Å²) in [4.78, 5) is 19.2. The SMILES string of the molecule is CN1CCC2(CC1)SCC(=O)N2Nc1ccc2ccccc2n1. The van der Waals surface area contributed by atoms with Crippen LogP contribution in [0, 0.1) is 0 Å². The Hall–Kier alpha value is -1.79. The molecule has 1 amide bonds. The van der Waals surface area contributed by atoms with Crippen molar-refractivity contribution in [1.82, 2.24) is 14.9 Å². The molecule has 23 heavy (non-hydrogen) atoms. The van der Waals surface area contributed by atoms with E-state index in [2.05, 4.69) is 22.4 Å². The average molecular weight is 328 g/mol. The van der Waals surface area contributed by atoms with Crippen LogP contribution in [-0.4, -0.2) is 51.6 Å². The number of nitrogens with one attached hydrogen (secondary N) is 1. The fraction of sp³-hybridized carbons (Fsp3) is 0.412. The maximum atomic E-state index is 12.4. The van der Waals surface area contributed by atoms with Crippen LogP contribution in [0.1, 0.15) is 12.8 Å². The van der Waals surface area contributed by atoms with Gasteiger partial charge < -0.3 is 4.90 Å². The van der Waals surface area contributed by atoms with Gasteiger partial charge in [-0.05, 0) is 38.1 Å². The molecule has 1 aromatic carbocycles. The number of carbonyl (C=O) groups excluding carboxylic acids is 1. The lowest BCUT2D eigenvalue weighted by atomic mass is 10.0. The molecule has 6 heteroatoms. The van der Waals surface area contributed by atoms with E-state index >= 15 is 0 Å². The maximum absolute atomic E-state index is 12.4. The van der Waals surface area contributed by atoms with Gasteiger partial charge in [0.2, 0.25) is 0 Å². The monoisotopic (exact) mass is 328 g/mol. The van der Waals surface area contributed by atoms with Crippen LogP contribution in [0.2, 0.25) is 0 Å². The van der Waals surface area contributed by atoms with Crippen molar-refractivity contribution in [3.05, 3.63) is 36.4 Å². The van der Waals surface area contributed by atoms with E-state index in [0.717, 1.165) is 42.7 Å². The smallest absolute Gasteiger partial charge is 0.252 e. The number of anilines is 1. The van der Waals surface area contributed by atoms with Gasteiger partial charge in [0, 0.05) is 18.5 Å². The van der Waals surface area contributed by atoms with Gasteiger partial charge in [0.15, 0.2) is 0 Å². The fourth-order valence-corrected chi connectivity index (χ4v) is 4.56. The number of likely N-dealkylation sites (tertiary alicyclic amines) is 1. The van der Waals surface area contributed by atoms with Crippen LogP contribution in [0.4, 0.5) is 5.82 Å². The zero-order valence-corrected chi connectivity index (χ0v) is 14.0. The summed E-state index contributed by atoms with van der Waals surface area (Å²) in [5.74, 6) is 1.43. The average Bonchev–Trinajstić information content (AvgIpc) is 2.87. The predicted molar refractivity (Wildman–Crippen MR) is 94.1 cm³/mol. The zero-order valence-electron chi connectivity index (χ0n) is 13.2. The summed E-state index contributed by atoms with van der Waals surface area (Å²) >= 11 is 1.77. The Kier molecular flexibility index (Phi) is 3.66. The number of hydrogen-bond donors (Lipinski definition) is 1. The third-order valence-corrected chi connectivity index (χ3v) is 6.23. The Morgan fingerprint density at radius 3 is 2.78 bits per heavy atom. The van der Waals surface area contributed by atoms with Crippen molar-refractivity contribution >= 4 is 34.4 Å². The van der Waals surface area contributed by atoms with Gasteiger partial charge in [-0.25, -0.2) is 9.99 Å². The van der Waals surface area contributed by atoms with Crippen LogP contribution >= 0.6 is 11.8 Å². The largest absolute Gasteiger partial charge is 0.306 e. The number of aromatic nitrogens is 1. The summed E-state index contributed by atoms with van der Waals surface area (Å²) in [5.41, 5.74) is 4.23. The van der Waals surface area contributed by atoms with Crippen molar-refractivity contribution in [3.8, 4) is 0 Å². The molecule has 2 fully saturated rings. The van der Waals surface area contributed by atoms with Gasteiger partial charge in [0.25, 0.3) is 5.91 Å². The second kappa shape index (κ2) is 5.69. The summed E-state index contributed by atoms with van der Waals surface area (Å²) in [6.07, 6.45) is 1.97. The normalized spacial score (nSPS) is 21.3. The van der Waals surface area contributed by atoms with Gasteiger partial charge in [-0.3, -0.25) is 10.2 Å². The number of fused-ring (bicyclic) bond motifs is 1. The van der Waals surface area contributed by atoms with E-state index in [0.29, 0.717) is 5.75 Å². The van der Waals surface area contributed by atoms with Crippen molar-refractivity contribution in [1.29, 1.82) is 0 Å². The number of carbonyl (C=O) groups is 1. The lowest BCUT2D eigenvalue weighted by molar-refractivity contribution is -0.129. The summed E-state index contributed by atoms with van der Waals surface area (Å²) in [7, 11) is 2.14. The fourth-order valence-electron chi connectivity index (χ4n) is 3.30. The molecule has 2 aromatic rings. The first-order chi connectivity index (χ1) is 11.2. The summed E-state index contributed by atoms with van der Waals surface area (Å²) in [6, 6.07) is 12.0. The van der Waals surface area contributed by atoms with Crippen molar-refractivity contribution < 1.29 is 4.79 Å². The molecule has 0 radical (unpaired) electrons. The Morgan fingerprint density at radius 2 is 1.96 bits per heavy atom. The van der Waals surface area contributed by atoms with Crippen LogP contribution < -0.4 is 5.43 Å². The molecule has 4 rings (SSSR count). The van der Waals surface area contributed by atoms with Crippen molar-refractivity contribution in [2.45, 2.75) is 17.7 Å². The van der Waals surface area contributed by atoms with Gasteiger partial charge in [-0.2, -0.15) is 0 Å². The molecular weight excluding hydrogens is 308 g/mol. The summed E-state index contributed by atoms with van der Waals surface area (Å²) in [6.45, 7) is 2.03. The van der Waals surface area contributed by atoms with Gasteiger partial charge >= 0.3 is 0 Å². The van der Waals surface area contributed by atoms with Crippen molar-refractivity contribution in [3.63, 3.8) is 0 Å². The number of hydrazine groups is 1. The number of benzene rings is 1. The number of thioether (sulfide) groups is 1. The summed E-state index contributed by atoms with van der Waals surface area (Å²) in [5, 5.41) is 2.94. The van der Waals surface area contributed by atoms with E-state index < -0.39 is 0 Å². The minimum absolute atomic E-state index is 0.128. The van der Waals surface area contributed by atoms with Crippen molar-refractivity contribution in [2.75, 3.05) is 31.3 Å². The number of para-hydroxylation sites is 1. The highest BCUT2D eigenvalue weighted by Crippen LogP contribution is 2.44. The van der Waals surface area contributed by atoms with E-state index in [1.165, 1.54) is 0 Å². The van der Waals surface area contributed by atoms with E-state index in [-0.39, 0.29) is 10.8 Å². The molecular formula is C17H20N4OS. The lowest BCUT2D eigenvalue weighted by Crippen LogP contribution is -2.53. The minimum Gasteiger partial charge on any atom is -0.306 e. The predicted octanol–water partition coefficient (Wildman–Crippen LogP) is 2.56. The molecule has 2 saturated heterocycles. The zero-order chi connectivity index (χ0) is 15.9. The highest BCUT2D eigenvalue weighted by atomic mass is 32.2. The van der Waals surface area contributed by atoms with E-state index in [9.17, 15) is 4.79 Å². The third-order valence-electron chi connectivity index (χ3n) is 4.71. The van der Waals surface area contributed by atoms with Crippen LogP contribution in [-0.2, 0) is 4.79 Å². The van der Waals surface area contributed by atoms with Crippen LogP contribution in [0.5, 0.6) is 0 Å². The molecule has 1 N–H and O–H groups in total. The number of rotatable bonds is 2. The molecule has 0 unspecified atom stereocenters. The quantitative estimate of drug-likeness (QED) is 0.918. The minimum atomic E-state index is -0.128. The van der Waals surface area contributed by atoms with Crippen LogP contribution in [0.15, 0.2) is 36.4 Å². The van der Waals surface area contributed by atoms with Gasteiger partial charge in [-0.15, -0.1) is 11.8 Å². The molecule has 0 bridgehead atoms. The highest BCUT2D eigenvalue weighted by molar-refractivity contribution is 8.01. The number of amides is 1. The molecule has 1 aromatic heterocycles. The van der Waals surface area contributed by atoms with E-state index in [1.54, 1.807) is 11.8 Å². The van der Waals surface area contributed by atoms with E-state index in [4.69, 9.17) is 0 Å². The molecule has 120 valence electrons. The Balaban J connectivity index is 1.61. The molecule has 2 aliphatic heterocycles. The molecule has 0 saturated carbocycles. The Labute approximate surface area is 140 Å². The van der Waals surface area contributed by atoms with Gasteiger partial charge in [0.1, 0.15) is 10.7 Å². The standard InChI is InChI=1S/C17H20N4OS/c1-20-10-8-17(9-11-20)21(16(22)12-23-17)19-15-7-6-13-4-2-3-5-14(13)18-15/h2-7H,8-12H2,1H3,(H,18,19). The Bertz CT molecular complexity index is 742. The van der Waals surface area contributed by atoms with Crippen LogP contribution in [0.3, 0.4) is 0 Å².